The third-order valence-electron chi connectivity index (χ3n) is 3.16. The molecule has 108 valence electrons. The van der Waals surface area contributed by atoms with E-state index in [1.807, 2.05) is 6.92 Å². The second-order valence-electron chi connectivity index (χ2n) is 5.13. The molecule has 0 saturated heterocycles. The molecule has 0 radical (unpaired) electrons. The van der Waals surface area contributed by atoms with Gasteiger partial charge in [-0.05, 0) is 37.6 Å². The highest BCUT2D eigenvalue weighted by Crippen LogP contribution is 2.43. The summed E-state index contributed by atoms with van der Waals surface area (Å²) in [6.45, 7) is 5.80. The molecule has 3 nitrogen and oxygen atoms in total. The fourth-order valence-electron chi connectivity index (χ4n) is 2.04. The molecule has 0 bridgehead atoms. The number of phenols is 1. The quantitative estimate of drug-likeness (QED) is 0.572. The second-order valence-corrected chi connectivity index (χ2v) is 7.55. The standard InChI is InChI=1S/C15H25O3P/c1-4-5-6-7-8-13(2)18-19(3,17)15-11-9-14(16)10-12-15/h9-13,16H,4-8H2,1-3H3/t13-,19+/m1/s1. The Hall–Kier alpha value is -0.790. The summed E-state index contributed by atoms with van der Waals surface area (Å²) in [5.41, 5.74) is 0. The van der Waals surface area contributed by atoms with Crippen molar-refractivity contribution in [3.8, 4) is 5.75 Å². The molecule has 0 heterocycles. The average Bonchev–Trinajstić information content (AvgIpc) is 2.34. The summed E-state index contributed by atoms with van der Waals surface area (Å²) >= 11 is 0. The van der Waals surface area contributed by atoms with Crippen LogP contribution in [0.1, 0.15) is 46.0 Å². The van der Waals surface area contributed by atoms with Crippen molar-refractivity contribution in [1.82, 2.24) is 0 Å². The molecule has 1 aromatic carbocycles. The molecule has 1 rings (SSSR count). The Balaban J connectivity index is 2.49. The molecule has 0 aliphatic heterocycles. The minimum Gasteiger partial charge on any atom is -0.508 e. The van der Waals surface area contributed by atoms with E-state index in [1.165, 1.54) is 19.3 Å². The third-order valence-corrected chi connectivity index (χ3v) is 5.16. The molecular weight excluding hydrogens is 259 g/mol. The lowest BCUT2D eigenvalue weighted by atomic mass is 10.1. The van der Waals surface area contributed by atoms with Crippen molar-refractivity contribution in [1.29, 1.82) is 0 Å². The van der Waals surface area contributed by atoms with E-state index in [9.17, 15) is 9.67 Å². The minimum atomic E-state index is -2.79. The Labute approximate surface area is 116 Å². The maximum absolute atomic E-state index is 12.5. The van der Waals surface area contributed by atoms with Crippen LogP contribution < -0.4 is 5.30 Å². The van der Waals surface area contributed by atoms with E-state index in [0.717, 1.165) is 12.8 Å². The van der Waals surface area contributed by atoms with Crippen molar-refractivity contribution in [3.05, 3.63) is 24.3 Å². The van der Waals surface area contributed by atoms with E-state index < -0.39 is 7.37 Å². The fraction of sp³-hybridized carbons (Fsp3) is 0.600. The molecule has 0 spiro atoms. The van der Waals surface area contributed by atoms with E-state index >= 15 is 0 Å². The second kappa shape index (κ2) is 7.72. The van der Waals surface area contributed by atoms with Crippen LogP contribution in [0, 0.1) is 0 Å². The normalized spacial score (nSPS) is 15.9. The van der Waals surface area contributed by atoms with E-state index in [1.54, 1.807) is 30.9 Å². The summed E-state index contributed by atoms with van der Waals surface area (Å²) in [4.78, 5) is 0. The molecule has 0 aliphatic carbocycles. The molecular formula is C15H25O3P. The van der Waals surface area contributed by atoms with Gasteiger partial charge in [0, 0.05) is 12.0 Å². The number of aromatic hydroxyl groups is 1. The van der Waals surface area contributed by atoms with Crippen molar-refractivity contribution in [3.63, 3.8) is 0 Å². The molecule has 0 aliphatic rings. The van der Waals surface area contributed by atoms with Gasteiger partial charge in [0.1, 0.15) is 5.75 Å². The van der Waals surface area contributed by atoms with Crippen LogP contribution in [0.3, 0.4) is 0 Å². The first-order chi connectivity index (χ1) is 8.95. The summed E-state index contributed by atoms with van der Waals surface area (Å²) < 4.78 is 18.2. The van der Waals surface area contributed by atoms with Gasteiger partial charge >= 0.3 is 0 Å². The Kier molecular flexibility index (Phi) is 6.60. The maximum Gasteiger partial charge on any atom is 0.229 e. The zero-order valence-corrected chi connectivity index (χ0v) is 13.0. The molecule has 0 fully saturated rings. The minimum absolute atomic E-state index is 0.00138. The Morgan fingerprint density at radius 3 is 2.42 bits per heavy atom. The van der Waals surface area contributed by atoms with Gasteiger partial charge in [-0.1, -0.05) is 32.6 Å². The molecule has 2 atom stereocenters. The average molecular weight is 284 g/mol. The number of phenolic OH excluding ortho intramolecular Hbond substituents is 1. The predicted molar refractivity (Wildman–Crippen MR) is 80.6 cm³/mol. The highest BCUT2D eigenvalue weighted by atomic mass is 31.2. The summed E-state index contributed by atoms with van der Waals surface area (Å²) in [5, 5.41) is 9.90. The zero-order chi connectivity index (χ0) is 14.3. The van der Waals surface area contributed by atoms with Crippen LogP contribution in [0.25, 0.3) is 0 Å². The van der Waals surface area contributed by atoms with Gasteiger partial charge in [0.25, 0.3) is 0 Å². The van der Waals surface area contributed by atoms with Crippen molar-refractivity contribution >= 4 is 12.7 Å². The van der Waals surface area contributed by atoms with Gasteiger partial charge in [-0.25, -0.2) is 0 Å². The Morgan fingerprint density at radius 2 is 1.84 bits per heavy atom. The molecule has 1 aromatic rings. The van der Waals surface area contributed by atoms with Crippen LogP contribution in [0.4, 0.5) is 0 Å². The first-order valence-corrected chi connectivity index (χ1v) is 9.08. The monoisotopic (exact) mass is 284 g/mol. The van der Waals surface area contributed by atoms with Crippen molar-refractivity contribution < 1.29 is 14.2 Å². The highest BCUT2D eigenvalue weighted by Gasteiger charge is 2.22. The topological polar surface area (TPSA) is 46.5 Å². The number of hydrogen-bond acceptors (Lipinski definition) is 3. The highest BCUT2D eigenvalue weighted by molar-refractivity contribution is 7.66. The van der Waals surface area contributed by atoms with Gasteiger partial charge in [-0.3, -0.25) is 4.57 Å². The van der Waals surface area contributed by atoms with E-state index in [4.69, 9.17) is 4.52 Å². The van der Waals surface area contributed by atoms with Crippen LogP contribution in [0.5, 0.6) is 5.75 Å². The Bertz CT molecular complexity index is 414. The van der Waals surface area contributed by atoms with E-state index in [2.05, 4.69) is 6.92 Å². The van der Waals surface area contributed by atoms with Gasteiger partial charge in [-0.2, -0.15) is 0 Å². The van der Waals surface area contributed by atoms with Crippen LogP contribution in [0.15, 0.2) is 24.3 Å². The Morgan fingerprint density at radius 1 is 1.21 bits per heavy atom. The molecule has 1 N–H and O–H groups in total. The zero-order valence-electron chi connectivity index (χ0n) is 12.1. The predicted octanol–water partition coefficient (Wildman–Crippen LogP) is 4.30. The summed E-state index contributed by atoms with van der Waals surface area (Å²) in [7, 11) is -2.79. The van der Waals surface area contributed by atoms with Gasteiger partial charge in [0.2, 0.25) is 7.37 Å². The van der Waals surface area contributed by atoms with Crippen LogP contribution in [-0.4, -0.2) is 17.9 Å². The van der Waals surface area contributed by atoms with Gasteiger partial charge in [0.15, 0.2) is 0 Å². The van der Waals surface area contributed by atoms with Gasteiger partial charge in [-0.15, -0.1) is 0 Å². The van der Waals surface area contributed by atoms with Crippen molar-refractivity contribution in [2.75, 3.05) is 6.66 Å². The summed E-state index contributed by atoms with van der Waals surface area (Å²) in [5.74, 6) is 0.177. The number of rotatable bonds is 8. The number of unbranched alkanes of at least 4 members (excludes halogenated alkanes) is 3. The number of hydrogen-bond donors (Lipinski definition) is 1. The van der Waals surface area contributed by atoms with Gasteiger partial charge in [0.05, 0.1) is 6.10 Å². The molecule has 4 heteroatoms. The van der Waals surface area contributed by atoms with Crippen molar-refractivity contribution in [2.45, 2.75) is 52.1 Å². The molecule has 0 unspecified atom stereocenters. The third kappa shape index (κ3) is 5.80. The molecule has 0 amide bonds. The molecule has 0 aromatic heterocycles. The van der Waals surface area contributed by atoms with Crippen LogP contribution >= 0.6 is 7.37 Å². The SMILES string of the molecule is CCCCCC[C@@H](C)O[P@](C)(=O)c1ccc(O)cc1. The first kappa shape index (κ1) is 16.3. The molecule has 19 heavy (non-hydrogen) atoms. The lowest BCUT2D eigenvalue weighted by Crippen LogP contribution is -2.13. The summed E-state index contributed by atoms with van der Waals surface area (Å²) in [6, 6.07) is 6.42. The van der Waals surface area contributed by atoms with Gasteiger partial charge < -0.3 is 9.63 Å². The first-order valence-electron chi connectivity index (χ1n) is 7.01. The smallest absolute Gasteiger partial charge is 0.229 e. The van der Waals surface area contributed by atoms with Crippen LogP contribution in [0.2, 0.25) is 0 Å². The fourth-order valence-corrected chi connectivity index (χ4v) is 3.64. The number of benzene rings is 1. The van der Waals surface area contributed by atoms with Crippen LogP contribution in [-0.2, 0) is 9.09 Å². The molecule has 0 saturated carbocycles. The summed E-state index contributed by atoms with van der Waals surface area (Å²) in [6.07, 6.45) is 5.73. The lowest BCUT2D eigenvalue weighted by Gasteiger charge is -2.19. The maximum atomic E-state index is 12.5. The van der Waals surface area contributed by atoms with E-state index in [0.29, 0.717) is 5.30 Å². The largest absolute Gasteiger partial charge is 0.508 e. The van der Waals surface area contributed by atoms with Crippen molar-refractivity contribution in [2.24, 2.45) is 0 Å². The van der Waals surface area contributed by atoms with E-state index in [-0.39, 0.29) is 11.9 Å². The lowest BCUT2D eigenvalue weighted by molar-refractivity contribution is 0.215.